The topological polar surface area (TPSA) is 132 Å². The average molecular weight is 271 g/mol. The third-order valence-corrected chi connectivity index (χ3v) is 1.41. The van der Waals surface area contributed by atoms with E-state index in [1.807, 2.05) is 0 Å². The molecule has 0 aromatic carbocycles. The van der Waals surface area contributed by atoms with Crippen molar-refractivity contribution >= 4 is 17.9 Å². The Balaban J connectivity index is -0.000000282. The molecule has 0 saturated carbocycles. The van der Waals surface area contributed by atoms with Gasteiger partial charge in [0.2, 0.25) is 0 Å². The van der Waals surface area contributed by atoms with E-state index in [1.165, 1.54) is 0 Å². The van der Waals surface area contributed by atoms with Crippen LogP contribution in [0.1, 0.15) is 12.8 Å². The van der Waals surface area contributed by atoms with E-state index in [9.17, 15) is 29.7 Å². The number of carboxylic acids is 3. The van der Waals surface area contributed by atoms with Gasteiger partial charge in [-0.1, -0.05) is 0 Å². The first-order chi connectivity index (χ1) is 6.43. The molecule has 0 unspecified atom stereocenters. The summed E-state index contributed by atoms with van der Waals surface area (Å²) < 4.78 is 0. The summed E-state index contributed by atoms with van der Waals surface area (Å²) in [7, 11) is 0. The Hall–Kier alpha value is 1.37. The minimum atomic E-state index is -1.56. The predicted molar refractivity (Wildman–Crippen MR) is 36.0 cm³/mol. The third kappa shape index (κ3) is 17.4. The van der Waals surface area contributed by atoms with Crippen LogP contribution in [0.3, 0.4) is 0 Å². The SMILES string of the molecule is O=C([O-])CC[C@H](NCC(=O)[O-])C(=O)[O-].[Na+].[Na+].[Na+]. The molecule has 0 aromatic heterocycles. The molecule has 17 heavy (non-hydrogen) atoms. The molecule has 7 nitrogen and oxygen atoms in total. The molecular formula is C7H8NNa3O6. The van der Waals surface area contributed by atoms with Gasteiger partial charge in [-0.2, -0.15) is 0 Å². The molecule has 0 aliphatic rings. The zero-order valence-corrected chi connectivity index (χ0v) is 16.1. The number of carbonyl (C=O) groups excluding carboxylic acids is 3. The maximum atomic E-state index is 10.3. The number of rotatable bonds is 7. The maximum absolute atomic E-state index is 10.3. The molecule has 0 fully saturated rings. The molecule has 0 aliphatic carbocycles. The van der Waals surface area contributed by atoms with Crippen molar-refractivity contribution in [2.45, 2.75) is 18.9 Å². The Kier molecular flexibility index (Phi) is 24.4. The summed E-state index contributed by atoms with van der Waals surface area (Å²) in [5, 5.41) is 32.3. The second kappa shape index (κ2) is 15.4. The Bertz CT molecular complexity index is 232. The van der Waals surface area contributed by atoms with Crippen molar-refractivity contribution < 1.29 is 118 Å². The molecule has 0 amide bonds. The van der Waals surface area contributed by atoms with Gasteiger partial charge in [0.15, 0.2) is 0 Å². The first-order valence-corrected chi connectivity index (χ1v) is 3.77. The van der Waals surface area contributed by atoms with Crippen molar-refractivity contribution in [2.75, 3.05) is 6.54 Å². The van der Waals surface area contributed by atoms with E-state index in [-0.39, 0.29) is 95.1 Å². The van der Waals surface area contributed by atoms with Gasteiger partial charge in [-0.15, -0.1) is 0 Å². The zero-order chi connectivity index (χ0) is 11.1. The van der Waals surface area contributed by atoms with Crippen LogP contribution in [0, 0.1) is 0 Å². The van der Waals surface area contributed by atoms with Crippen LogP contribution in [-0.2, 0) is 14.4 Å². The number of carboxylic acid groups (broad SMARTS) is 3. The molecule has 0 rings (SSSR count). The van der Waals surface area contributed by atoms with Gasteiger partial charge in [-0.25, -0.2) is 0 Å². The van der Waals surface area contributed by atoms with Crippen LogP contribution in [-0.4, -0.2) is 30.5 Å². The predicted octanol–water partition coefficient (Wildman–Crippen LogP) is -14.0. The molecule has 0 bridgehead atoms. The van der Waals surface area contributed by atoms with E-state index >= 15 is 0 Å². The Morgan fingerprint density at radius 1 is 0.941 bits per heavy atom. The van der Waals surface area contributed by atoms with Crippen molar-refractivity contribution in [1.82, 2.24) is 5.32 Å². The summed E-state index contributed by atoms with van der Waals surface area (Å²) in [6.07, 6.45) is -0.781. The van der Waals surface area contributed by atoms with Crippen molar-refractivity contribution in [3.05, 3.63) is 0 Å². The standard InChI is InChI=1S/C7H11NO6.3Na/c9-5(10)2-1-4(7(13)14)8-3-6(11)12;;;/h4,8H,1-3H2,(H,9,10)(H,11,12)(H,13,14);;;/q;3*+1/p-3/t4-;;;/m0.../s1. The van der Waals surface area contributed by atoms with Crippen LogP contribution >= 0.6 is 0 Å². The fourth-order valence-corrected chi connectivity index (χ4v) is 0.772. The van der Waals surface area contributed by atoms with Gasteiger partial charge in [0, 0.05) is 18.6 Å². The van der Waals surface area contributed by atoms with Crippen LogP contribution in [0.4, 0.5) is 0 Å². The van der Waals surface area contributed by atoms with Crippen molar-refractivity contribution in [2.24, 2.45) is 0 Å². The second-order valence-electron chi connectivity index (χ2n) is 2.54. The van der Waals surface area contributed by atoms with E-state index in [2.05, 4.69) is 5.32 Å². The second-order valence-corrected chi connectivity index (χ2v) is 2.54. The molecule has 0 saturated heterocycles. The van der Waals surface area contributed by atoms with Crippen LogP contribution in [0.15, 0.2) is 0 Å². The fraction of sp³-hybridized carbons (Fsp3) is 0.571. The third-order valence-electron chi connectivity index (χ3n) is 1.41. The van der Waals surface area contributed by atoms with E-state index in [4.69, 9.17) is 0 Å². The van der Waals surface area contributed by atoms with E-state index in [1.54, 1.807) is 0 Å². The molecule has 1 atom stereocenters. The molecule has 10 heteroatoms. The van der Waals surface area contributed by atoms with E-state index < -0.39 is 36.9 Å². The maximum Gasteiger partial charge on any atom is 1.00 e. The summed E-state index contributed by atoms with van der Waals surface area (Å²) in [5.41, 5.74) is 0. The molecule has 0 spiro atoms. The Morgan fingerprint density at radius 2 is 1.41 bits per heavy atom. The van der Waals surface area contributed by atoms with Gasteiger partial charge >= 0.3 is 88.7 Å². The monoisotopic (exact) mass is 271 g/mol. The smallest absolute Gasteiger partial charge is 0.550 e. The van der Waals surface area contributed by atoms with Crippen molar-refractivity contribution in [1.29, 1.82) is 0 Å². The summed E-state index contributed by atoms with van der Waals surface area (Å²) in [6.45, 7) is -0.675. The Morgan fingerprint density at radius 3 is 1.71 bits per heavy atom. The minimum Gasteiger partial charge on any atom is -0.550 e. The van der Waals surface area contributed by atoms with Gasteiger partial charge < -0.3 is 35.0 Å². The molecule has 0 heterocycles. The van der Waals surface area contributed by atoms with E-state index in [0.29, 0.717) is 0 Å². The number of aliphatic carboxylic acids is 3. The van der Waals surface area contributed by atoms with Crippen LogP contribution in [0.25, 0.3) is 0 Å². The quantitative estimate of drug-likeness (QED) is 0.454. The van der Waals surface area contributed by atoms with Gasteiger partial charge in [0.25, 0.3) is 0 Å². The van der Waals surface area contributed by atoms with Gasteiger partial charge in [0.1, 0.15) is 0 Å². The summed E-state index contributed by atoms with van der Waals surface area (Å²) in [5.74, 6) is -4.45. The largest absolute Gasteiger partial charge is 1.00 e. The van der Waals surface area contributed by atoms with Crippen molar-refractivity contribution in [3.8, 4) is 0 Å². The molecule has 1 N–H and O–H groups in total. The number of carbonyl (C=O) groups is 3. The average Bonchev–Trinajstić information content (AvgIpc) is 2.02. The molecule has 0 radical (unpaired) electrons. The first kappa shape index (κ1) is 26.8. The number of hydrogen-bond acceptors (Lipinski definition) is 7. The number of nitrogens with one attached hydrogen (secondary N) is 1. The minimum absolute atomic E-state index is 0. The summed E-state index contributed by atoms with van der Waals surface area (Å²) in [4.78, 5) is 30.3. The van der Waals surface area contributed by atoms with Crippen LogP contribution in [0.5, 0.6) is 0 Å². The zero-order valence-electron chi connectivity index (χ0n) is 10.1. The van der Waals surface area contributed by atoms with E-state index in [0.717, 1.165) is 0 Å². The van der Waals surface area contributed by atoms with Crippen LogP contribution in [0.2, 0.25) is 0 Å². The Labute approximate surface area is 165 Å². The molecule has 80 valence electrons. The van der Waals surface area contributed by atoms with Crippen molar-refractivity contribution in [3.63, 3.8) is 0 Å². The van der Waals surface area contributed by atoms with Gasteiger partial charge in [-0.3, -0.25) is 0 Å². The number of hydrogen-bond donors (Lipinski definition) is 1. The summed E-state index contributed by atoms with van der Waals surface area (Å²) in [6, 6.07) is -1.33. The van der Waals surface area contributed by atoms with Crippen LogP contribution < -0.4 is 109 Å². The molecule has 0 aliphatic heterocycles. The first-order valence-electron chi connectivity index (χ1n) is 3.77. The molecular weight excluding hydrogens is 263 g/mol. The van der Waals surface area contributed by atoms with Gasteiger partial charge in [0.05, 0.1) is 11.9 Å². The summed E-state index contributed by atoms with van der Waals surface area (Å²) >= 11 is 0. The van der Waals surface area contributed by atoms with Gasteiger partial charge in [-0.05, 0) is 12.8 Å². The normalized spacial score (nSPS) is 9.88. The molecule has 0 aromatic rings. The fourth-order valence-electron chi connectivity index (χ4n) is 0.772.